The molecule has 1 aromatic carbocycles. The van der Waals surface area contributed by atoms with Crippen molar-refractivity contribution in [2.75, 3.05) is 37.4 Å². The van der Waals surface area contributed by atoms with Crippen LogP contribution in [0.3, 0.4) is 0 Å². The first-order valence-corrected chi connectivity index (χ1v) is 8.40. The van der Waals surface area contributed by atoms with Crippen molar-refractivity contribution in [1.82, 2.24) is 4.90 Å². The SMILES string of the molecule is COC(=O)C1=C(Nc2ccc3c(c2)NC(=O)C(C)(C)O3)C(=O)N(CCO)C1. The van der Waals surface area contributed by atoms with Gasteiger partial charge in [-0.15, -0.1) is 0 Å². The second-order valence-corrected chi connectivity index (χ2v) is 6.70. The van der Waals surface area contributed by atoms with Crippen LogP contribution in [0, 0.1) is 0 Å². The maximum Gasteiger partial charge on any atom is 0.337 e. The topological polar surface area (TPSA) is 117 Å². The highest BCUT2D eigenvalue weighted by atomic mass is 16.5. The van der Waals surface area contributed by atoms with Crippen molar-refractivity contribution in [1.29, 1.82) is 0 Å². The van der Waals surface area contributed by atoms with Crippen LogP contribution in [-0.2, 0) is 19.1 Å². The third kappa shape index (κ3) is 3.45. The fourth-order valence-electron chi connectivity index (χ4n) is 2.88. The van der Waals surface area contributed by atoms with Crippen LogP contribution in [0.2, 0.25) is 0 Å². The van der Waals surface area contributed by atoms with Crippen LogP contribution >= 0.6 is 0 Å². The summed E-state index contributed by atoms with van der Waals surface area (Å²) in [4.78, 5) is 38.0. The number of benzene rings is 1. The summed E-state index contributed by atoms with van der Waals surface area (Å²) in [6, 6.07) is 4.96. The highest BCUT2D eigenvalue weighted by molar-refractivity contribution is 6.08. The fraction of sp³-hybridized carbons (Fsp3) is 0.389. The molecule has 144 valence electrons. The molecule has 9 nitrogen and oxygen atoms in total. The first-order chi connectivity index (χ1) is 12.8. The molecule has 0 atom stereocenters. The van der Waals surface area contributed by atoms with E-state index in [2.05, 4.69) is 10.6 Å². The Morgan fingerprint density at radius 3 is 2.81 bits per heavy atom. The lowest BCUT2D eigenvalue weighted by atomic mass is 10.1. The molecule has 9 heteroatoms. The Hall–Kier alpha value is -3.07. The van der Waals surface area contributed by atoms with E-state index >= 15 is 0 Å². The molecular weight excluding hydrogens is 354 g/mol. The maximum atomic E-state index is 12.5. The number of hydrogen-bond acceptors (Lipinski definition) is 7. The van der Waals surface area contributed by atoms with Crippen LogP contribution < -0.4 is 15.4 Å². The zero-order chi connectivity index (χ0) is 19.8. The molecule has 27 heavy (non-hydrogen) atoms. The number of nitrogens with one attached hydrogen (secondary N) is 2. The van der Waals surface area contributed by atoms with Crippen LogP contribution in [0.25, 0.3) is 0 Å². The lowest BCUT2D eigenvalue weighted by Crippen LogP contribution is -2.45. The first-order valence-electron chi connectivity index (χ1n) is 8.40. The number of amides is 2. The quantitative estimate of drug-likeness (QED) is 0.641. The Morgan fingerprint density at radius 1 is 1.41 bits per heavy atom. The van der Waals surface area contributed by atoms with Crippen LogP contribution in [0.4, 0.5) is 11.4 Å². The molecule has 2 amide bonds. The Morgan fingerprint density at radius 2 is 2.15 bits per heavy atom. The highest BCUT2D eigenvalue weighted by Gasteiger charge is 2.36. The molecular formula is C18H21N3O6. The first kappa shape index (κ1) is 18.7. The van der Waals surface area contributed by atoms with Gasteiger partial charge in [-0.2, -0.15) is 0 Å². The molecule has 2 heterocycles. The molecule has 2 aliphatic rings. The molecule has 0 unspecified atom stereocenters. The number of carbonyl (C=O) groups is 3. The van der Waals surface area contributed by atoms with Crippen LogP contribution in [0.15, 0.2) is 29.5 Å². The molecule has 0 saturated heterocycles. The number of rotatable bonds is 5. The minimum atomic E-state index is -0.977. The minimum Gasteiger partial charge on any atom is -0.476 e. The second kappa shape index (κ2) is 6.92. The third-order valence-electron chi connectivity index (χ3n) is 4.36. The van der Waals surface area contributed by atoms with E-state index in [1.807, 2.05) is 0 Å². The summed E-state index contributed by atoms with van der Waals surface area (Å²) in [7, 11) is 1.24. The molecule has 0 fully saturated rings. The van der Waals surface area contributed by atoms with Gasteiger partial charge < -0.3 is 30.1 Å². The predicted molar refractivity (Wildman–Crippen MR) is 96.1 cm³/mol. The van der Waals surface area contributed by atoms with E-state index in [4.69, 9.17) is 14.6 Å². The Bertz CT molecular complexity index is 845. The van der Waals surface area contributed by atoms with Crippen LogP contribution in [0.5, 0.6) is 5.75 Å². The van der Waals surface area contributed by atoms with Gasteiger partial charge in [0, 0.05) is 12.2 Å². The number of ether oxygens (including phenoxy) is 2. The number of methoxy groups -OCH3 is 1. The summed E-state index contributed by atoms with van der Waals surface area (Å²) >= 11 is 0. The number of aliphatic hydroxyl groups excluding tert-OH is 1. The van der Waals surface area contributed by atoms with E-state index in [0.717, 1.165) is 0 Å². The molecule has 0 aromatic heterocycles. The maximum absolute atomic E-state index is 12.5. The van der Waals surface area contributed by atoms with Gasteiger partial charge in [-0.3, -0.25) is 9.59 Å². The largest absolute Gasteiger partial charge is 0.476 e. The monoisotopic (exact) mass is 375 g/mol. The Balaban J connectivity index is 1.89. The predicted octanol–water partition coefficient (Wildman–Crippen LogP) is 0.470. The Labute approximate surface area is 155 Å². The molecule has 1 aromatic rings. The van der Waals surface area contributed by atoms with Crippen molar-refractivity contribution in [3.63, 3.8) is 0 Å². The van der Waals surface area contributed by atoms with Crippen molar-refractivity contribution < 1.29 is 29.0 Å². The van der Waals surface area contributed by atoms with E-state index in [-0.39, 0.29) is 36.9 Å². The van der Waals surface area contributed by atoms with E-state index in [9.17, 15) is 14.4 Å². The van der Waals surface area contributed by atoms with Crippen LogP contribution in [-0.4, -0.2) is 60.2 Å². The summed E-state index contributed by atoms with van der Waals surface area (Å²) in [6.45, 7) is 3.27. The number of anilines is 2. The highest BCUT2D eigenvalue weighted by Crippen LogP contribution is 2.36. The van der Waals surface area contributed by atoms with Gasteiger partial charge in [0.05, 0.1) is 31.5 Å². The lowest BCUT2D eigenvalue weighted by Gasteiger charge is -2.31. The number of esters is 1. The van der Waals surface area contributed by atoms with E-state index < -0.39 is 17.5 Å². The van der Waals surface area contributed by atoms with Gasteiger partial charge in [0.25, 0.3) is 11.8 Å². The third-order valence-corrected chi connectivity index (χ3v) is 4.36. The van der Waals surface area contributed by atoms with Gasteiger partial charge in [0.1, 0.15) is 11.4 Å². The second-order valence-electron chi connectivity index (χ2n) is 6.70. The number of aliphatic hydroxyl groups is 1. The molecule has 0 saturated carbocycles. The summed E-state index contributed by atoms with van der Waals surface area (Å²) < 4.78 is 10.4. The van der Waals surface area contributed by atoms with Gasteiger partial charge >= 0.3 is 5.97 Å². The average Bonchev–Trinajstić information content (AvgIpc) is 2.92. The minimum absolute atomic E-state index is 0.0490. The van der Waals surface area contributed by atoms with Crippen molar-refractivity contribution in [3.8, 4) is 5.75 Å². The number of hydrogen-bond donors (Lipinski definition) is 3. The average molecular weight is 375 g/mol. The number of β-amino-alcohol motifs (C(OH)–C–C–N with tert-alkyl or cyclic N) is 1. The van der Waals surface area contributed by atoms with E-state index in [1.54, 1.807) is 32.0 Å². The standard InChI is InChI=1S/C18H21N3O6/c1-18(2)17(25)20-12-8-10(4-5-13(12)27-18)19-14-11(16(24)26-3)9-21(6-7-22)15(14)23/h4-5,8,19,22H,6-7,9H2,1-3H3,(H,20,25). The van der Waals surface area contributed by atoms with Crippen molar-refractivity contribution in [2.45, 2.75) is 19.4 Å². The van der Waals surface area contributed by atoms with Gasteiger partial charge in [-0.25, -0.2) is 4.79 Å². The van der Waals surface area contributed by atoms with Gasteiger partial charge in [-0.05, 0) is 32.0 Å². The van der Waals surface area contributed by atoms with E-state index in [0.29, 0.717) is 17.1 Å². The lowest BCUT2D eigenvalue weighted by molar-refractivity contribution is -0.136. The van der Waals surface area contributed by atoms with Gasteiger partial charge in [-0.1, -0.05) is 0 Å². The molecule has 3 N–H and O–H groups in total. The Kier molecular flexibility index (Phi) is 4.79. The summed E-state index contributed by atoms with van der Waals surface area (Å²) in [5.74, 6) is -0.814. The van der Waals surface area contributed by atoms with Crippen molar-refractivity contribution in [2.24, 2.45) is 0 Å². The summed E-state index contributed by atoms with van der Waals surface area (Å²) in [5.41, 5.74) is 0.234. The van der Waals surface area contributed by atoms with Crippen molar-refractivity contribution in [3.05, 3.63) is 29.5 Å². The van der Waals surface area contributed by atoms with Crippen molar-refractivity contribution >= 4 is 29.2 Å². The molecule has 0 aliphatic carbocycles. The molecule has 2 aliphatic heterocycles. The van der Waals surface area contributed by atoms with Gasteiger partial charge in [0.2, 0.25) is 0 Å². The van der Waals surface area contributed by atoms with E-state index in [1.165, 1.54) is 12.0 Å². The smallest absolute Gasteiger partial charge is 0.337 e. The summed E-state index contributed by atoms with van der Waals surface area (Å²) in [6.07, 6.45) is 0. The zero-order valence-electron chi connectivity index (χ0n) is 15.3. The molecule has 0 radical (unpaired) electrons. The van der Waals surface area contributed by atoms with Crippen LogP contribution in [0.1, 0.15) is 13.8 Å². The number of fused-ring (bicyclic) bond motifs is 1. The summed E-state index contributed by atoms with van der Waals surface area (Å²) in [5, 5.41) is 14.8. The number of nitrogens with zero attached hydrogens (tertiary/aromatic N) is 1. The zero-order valence-corrected chi connectivity index (χ0v) is 15.3. The molecule has 3 rings (SSSR count). The fourth-order valence-corrected chi connectivity index (χ4v) is 2.88. The molecule has 0 spiro atoms. The number of carbonyl (C=O) groups excluding carboxylic acids is 3. The molecule has 0 bridgehead atoms. The normalized spacial score (nSPS) is 18.0. The van der Waals surface area contributed by atoms with Gasteiger partial charge in [0.15, 0.2) is 5.60 Å².